The molecule has 0 aliphatic carbocycles. The molecule has 1 aromatic rings. The fraction of sp³-hybridized carbons (Fsp3) is 0.500. The van der Waals surface area contributed by atoms with Crippen LogP contribution in [0.25, 0.3) is 0 Å². The standard InChI is InChI=1S/C16H23NO2/c1-13(2)12-19-16-8-4-3-6-14(16)10-17-11-15-7-5-9-18-15/h3-4,6,8,15,17H,1,5,7,9-12H2,2H3. The average Bonchev–Trinajstić information content (AvgIpc) is 2.91. The van der Waals surface area contributed by atoms with E-state index in [-0.39, 0.29) is 0 Å². The third-order valence-corrected chi connectivity index (χ3v) is 3.16. The lowest BCUT2D eigenvalue weighted by Gasteiger charge is -2.14. The van der Waals surface area contributed by atoms with Gasteiger partial charge in [0.25, 0.3) is 0 Å². The van der Waals surface area contributed by atoms with Gasteiger partial charge in [0.1, 0.15) is 12.4 Å². The van der Waals surface area contributed by atoms with Crippen molar-refractivity contribution < 1.29 is 9.47 Å². The van der Waals surface area contributed by atoms with Gasteiger partial charge in [-0.3, -0.25) is 0 Å². The molecule has 19 heavy (non-hydrogen) atoms. The molecule has 1 atom stereocenters. The zero-order valence-corrected chi connectivity index (χ0v) is 11.7. The van der Waals surface area contributed by atoms with Crippen LogP contribution in [-0.2, 0) is 11.3 Å². The van der Waals surface area contributed by atoms with E-state index >= 15 is 0 Å². The zero-order chi connectivity index (χ0) is 13.5. The maximum Gasteiger partial charge on any atom is 0.124 e. The minimum Gasteiger partial charge on any atom is -0.489 e. The first kappa shape index (κ1) is 14.1. The number of hydrogen-bond acceptors (Lipinski definition) is 3. The van der Waals surface area contributed by atoms with Crippen molar-refractivity contribution in [1.82, 2.24) is 5.32 Å². The maximum atomic E-state index is 5.75. The van der Waals surface area contributed by atoms with Gasteiger partial charge in [-0.15, -0.1) is 0 Å². The van der Waals surface area contributed by atoms with E-state index in [1.165, 1.54) is 18.4 Å². The van der Waals surface area contributed by atoms with Gasteiger partial charge in [0.15, 0.2) is 0 Å². The lowest BCUT2D eigenvalue weighted by atomic mass is 10.2. The first-order valence-electron chi connectivity index (χ1n) is 6.93. The van der Waals surface area contributed by atoms with Gasteiger partial charge in [-0.1, -0.05) is 24.8 Å². The molecule has 1 aromatic carbocycles. The van der Waals surface area contributed by atoms with E-state index in [2.05, 4.69) is 18.0 Å². The second-order valence-electron chi connectivity index (χ2n) is 5.12. The highest BCUT2D eigenvalue weighted by molar-refractivity contribution is 5.33. The van der Waals surface area contributed by atoms with Crippen molar-refractivity contribution in [3.05, 3.63) is 42.0 Å². The summed E-state index contributed by atoms with van der Waals surface area (Å²) in [6.07, 6.45) is 2.73. The Morgan fingerprint density at radius 1 is 1.47 bits per heavy atom. The lowest BCUT2D eigenvalue weighted by molar-refractivity contribution is 0.110. The molecule has 0 saturated carbocycles. The van der Waals surface area contributed by atoms with Crippen molar-refractivity contribution in [3.63, 3.8) is 0 Å². The minimum absolute atomic E-state index is 0.378. The third kappa shape index (κ3) is 4.69. The van der Waals surface area contributed by atoms with Crippen LogP contribution in [0.15, 0.2) is 36.4 Å². The summed E-state index contributed by atoms with van der Waals surface area (Å²) in [5.74, 6) is 0.936. The van der Waals surface area contributed by atoms with Crippen molar-refractivity contribution in [2.24, 2.45) is 0 Å². The van der Waals surface area contributed by atoms with Gasteiger partial charge in [-0.05, 0) is 31.4 Å². The van der Waals surface area contributed by atoms with Gasteiger partial charge >= 0.3 is 0 Å². The van der Waals surface area contributed by atoms with Gasteiger partial charge in [-0.2, -0.15) is 0 Å². The van der Waals surface area contributed by atoms with Crippen molar-refractivity contribution >= 4 is 0 Å². The molecule has 0 bridgehead atoms. The zero-order valence-electron chi connectivity index (χ0n) is 11.7. The molecule has 1 fully saturated rings. The predicted octanol–water partition coefficient (Wildman–Crippen LogP) is 2.91. The van der Waals surface area contributed by atoms with Crippen molar-refractivity contribution in [1.29, 1.82) is 0 Å². The topological polar surface area (TPSA) is 30.5 Å². The van der Waals surface area contributed by atoms with Gasteiger partial charge in [0.05, 0.1) is 6.10 Å². The quantitative estimate of drug-likeness (QED) is 0.766. The largest absolute Gasteiger partial charge is 0.489 e. The second-order valence-corrected chi connectivity index (χ2v) is 5.12. The predicted molar refractivity (Wildman–Crippen MR) is 77.4 cm³/mol. The molecule has 2 rings (SSSR count). The molecular formula is C16H23NO2. The minimum atomic E-state index is 0.378. The van der Waals surface area contributed by atoms with E-state index in [9.17, 15) is 0 Å². The smallest absolute Gasteiger partial charge is 0.124 e. The summed E-state index contributed by atoms with van der Waals surface area (Å²) in [5.41, 5.74) is 2.21. The van der Waals surface area contributed by atoms with Crippen LogP contribution in [0.4, 0.5) is 0 Å². The van der Waals surface area contributed by atoms with Crippen molar-refractivity contribution in [2.45, 2.75) is 32.4 Å². The van der Waals surface area contributed by atoms with Crippen LogP contribution in [0.2, 0.25) is 0 Å². The Labute approximate surface area is 115 Å². The Morgan fingerprint density at radius 3 is 3.05 bits per heavy atom. The number of ether oxygens (including phenoxy) is 2. The molecule has 1 N–H and O–H groups in total. The fourth-order valence-corrected chi connectivity index (χ4v) is 2.16. The molecule has 1 saturated heterocycles. The molecule has 0 radical (unpaired) electrons. The third-order valence-electron chi connectivity index (χ3n) is 3.16. The summed E-state index contributed by atoms with van der Waals surface area (Å²) in [6, 6.07) is 8.14. The van der Waals surface area contributed by atoms with Gasteiger partial charge in [-0.25, -0.2) is 0 Å². The number of rotatable bonds is 7. The monoisotopic (exact) mass is 261 g/mol. The van der Waals surface area contributed by atoms with Crippen LogP contribution in [0, 0.1) is 0 Å². The van der Waals surface area contributed by atoms with Crippen LogP contribution in [0.1, 0.15) is 25.3 Å². The van der Waals surface area contributed by atoms with E-state index in [1.54, 1.807) is 0 Å². The van der Waals surface area contributed by atoms with Gasteiger partial charge in [0.2, 0.25) is 0 Å². The van der Waals surface area contributed by atoms with E-state index in [0.717, 1.165) is 31.0 Å². The molecule has 1 aliphatic rings. The van der Waals surface area contributed by atoms with Crippen LogP contribution >= 0.6 is 0 Å². The average molecular weight is 261 g/mol. The summed E-state index contributed by atoms with van der Waals surface area (Å²) in [5, 5.41) is 3.44. The highest BCUT2D eigenvalue weighted by atomic mass is 16.5. The molecular weight excluding hydrogens is 238 g/mol. The SMILES string of the molecule is C=C(C)COc1ccccc1CNCC1CCCO1. The molecule has 1 unspecified atom stereocenters. The normalized spacial score (nSPS) is 18.5. The highest BCUT2D eigenvalue weighted by Gasteiger charge is 2.14. The van der Waals surface area contributed by atoms with E-state index in [4.69, 9.17) is 9.47 Å². The highest BCUT2D eigenvalue weighted by Crippen LogP contribution is 2.18. The Bertz CT molecular complexity index is 411. The number of hydrogen-bond donors (Lipinski definition) is 1. The number of benzene rings is 1. The van der Waals surface area contributed by atoms with Gasteiger partial charge in [0, 0.05) is 25.3 Å². The summed E-state index contributed by atoms with van der Waals surface area (Å²) in [6.45, 7) is 9.03. The lowest BCUT2D eigenvalue weighted by Crippen LogP contribution is -2.26. The molecule has 0 amide bonds. The maximum absolute atomic E-state index is 5.75. The molecule has 3 heteroatoms. The summed E-state index contributed by atoms with van der Waals surface area (Å²) >= 11 is 0. The summed E-state index contributed by atoms with van der Waals surface area (Å²) in [7, 11) is 0. The van der Waals surface area contributed by atoms with Crippen LogP contribution < -0.4 is 10.1 Å². The molecule has 104 valence electrons. The van der Waals surface area contributed by atoms with Crippen molar-refractivity contribution in [2.75, 3.05) is 19.8 Å². The Hall–Kier alpha value is -1.32. The first-order chi connectivity index (χ1) is 9.25. The van der Waals surface area contributed by atoms with Gasteiger partial charge < -0.3 is 14.8 Å². The fourth-order valence-electron chi connectivity index (χ4n) is 2.16. The van der Waals surface area contributed by atoms with Crippen molar-refractivity contribution in [3.8, 4) is 5.75 Å². The summed E-state index contributed by atoms with van der Waals surface area (Å²) < 4.78 is 11.3. The number of para-hydroxylation sites is 1. The van der Waals surface area contributed by atoms with Crippen LogP contribution in [0.3, 0.4) is 0 Å². The van der Waals surface area contributed by atoms with E-state index in [0.29, 0.717) is 12.7 Å². The van der Waals surface area contributed by atoms with E-state index in [1.807, 2.05) is 25.1 Å². The molecule has 0 spiro atoms. The van der Waals surface area contributed by atoms with Crippen LogP contribution in [0.5, 0.6) is 5.75 Å². The molecule has 3 nitrogen and oxygen atoms in total. The Kier molecular flexibility index (Phi) is 5.43. The molecule has 0 aromatic heterocycles. The molecule has 1 heterocycles. The second kappa shape index (κ2) is 7.31. The number of nitrogens with one attached hydrogen (secondary N) is 1. The Balaban J connectivity index is 1.82. The Morgan fingerprint density at radius 2 is 2.32 bits per heavy atom. The summed E-state index contributed by atoms with van der Waals surface area (Å²) in [4.78, 5) is 0. The molecule has 1 aliphatic heterocycles. The van der Waals surface area contributed by atoms with E-state index < -0.39 is 0 Å². The van der Waals surface area contributed by atoms with Crippen LogP contribution in [-0.4, -0.2) is 25.9 Å². The first-order valence-corrected chi connectivity index (χ1v) is 6.93.